The largest absolute Gasteiger partial charge is 0.378 e. The lowest BCUT2D eigenvalue weighted by Gasteiger charge is -2.26. The maximum atomic E-state index is 13.2. The van der Waals surface area contributed by atoms with Crippen LogP contribution in [-0.2, 0) is 21.7 Å². The van der Waals surface area contributed by atoms with E-state index in [-0.39, 0.29) is 5.17 Å². The van der Waals surface area contributed by atoms with Crippen LogP contribution in [0.2, 0.25) is 0 Å². The fourth-order valence-electron chi connectivity index (χ4n) is 3.08. The molecule has 9 heteroatoms. The van der Waals surface area contributed by atoms with Crippen LogP contribution in [0.3, 0.4) is 0 Å². The maximum Gasteiger partial charge on any atom is 0.265 e. The van der Waals surface area contributed by atoms with Crippen molar-refractivity contribution in [2.24, 2.45) is 10.7 Å². The topological polar surface area (TPSA) is 96.0 Å². The number of fused-ring (bicyclic) bond motifs is 1. The Balaban J connectivity index is 1.82. The summed E-state index contributed by atoms with van der Waals surface area (Å²) in [6.07, 6.45) is 0. The van der Waals surface area contributed by atoms with E-state index in [1.165, 1.54) is 16.2 Å². The smallest absolute Gasteiger partial charge is 0.265 e. The molecule has 0 bridgehead atoms. The third-order valence-corrected chi connectivity index (χ3v) is 6.65. The lowest BCUT2D eigenvalue weighted by Crippen LogP contribution is -2.49. The molecule has 0 spiro atoms. The molecule has 2 unspecified atom stereocenters. The summed E-state index contributed by atoms with van der Waals surface area (Å²) in [7, 11) is 0. The van der Waals surface area contributed by atoms with Gasteiger partial charge in [0.2, 0.25) is 0 Å². The van der Waals surface area contributed by atoms with Crippen molar-refractivity contribution in [3.05, 3.63) is 50.6 Å². The van der Waals surface area contributed by atoms with Gasteiger partial charge in [-0.3, -0.25) is 9.59 Å². The predicted octanol–water partition coefficient (Wildman–Crippen LogP) is 2.20. The fraction of sp³-hybridized carbons (Fsp3) is 0.188. The van der Waals surface area contributed by atoms with Gasteiger partial charge in [-0.1, -0.05) is 33.8 Å². The standard InChI is InChI=1S/C16H12BrN3O3S2/c17-8-3-4-11-10(6-8)16(23,12-13(21)19-15(18)25-12)14(22)20(11)7-9-2-1-5-24-9/h1-6,12,23H,7H2,(H2,18,19,21). The Hall–Kier alpha value is -1.68. The molecule has 4 rings (SSSR count). The molecule has 3 N–H and O–H groups in total. The molecule has 25 heavy (non-hydrogen) atoms. The van der Waals surface area contributed by atoms with Gasteiger partial charge in [-0.25, -0.2) is 0 Å². The highest BCUT2D eigenvalue weighted by Gasteiger charge is 2.59. The van der Waals surface area contributed by atoms with E-state index in [4.69, 9.17) is 5.73 Å². The SMILES string of the molecule is NC1=NC(=O)C(C2(O)C(=O)N(Cc3cccs3)c3ccc(Br)cc32)S1. The molecule has 2 aliphatic heterocycles. The zero-order chi connectivity index (χ0) is 17.8. The van der Waals surface area contributed by atoms with Gasteiger partial charge in [0.15, 0.2) is 10.8 Å². The first-order chi connectivity index (χ1) is 11.9. The Morgan fingerprint density at radius 3 is 2.80 bits per heavy atom. The van der Waals surface area contributed by atoms with E-state index in [2.05, 4.69) is 20.9 Å². The van der Waals surface area contributed by atoms with Crippen molar-refractivity contribution in [1.82, 2.24) is 0 Å². The van der Waals surface area contributed by atoms with Crippen molar-refractivity contribution in [2.75, 3.05) is 4.90 Å². The molecule has 1 aromatic carbocycles. The van der Waals surface area contributed by atoms with E-state index in [9.17, 15) is 14.7 Å². The number of amides is 2. The number of halogens is 1. The van der Waals surface area contributed by atoms with Gasteiger partial charge in [0.05, 0.1) is 12.2 Å². The number of thiophene rings is 1. The fourth-order valence-corrected chi connectivity index (χ4v) is 5.07. The van der Waals surface area contributed by atoms with Gasteiger partial charge in [-0.2, -0.15) is 4.99 Å². The molecule has 2 atom stereocenters. The number of hydrogen-bond donors (Lipinski definition) is 2. The van der Waals surface area contributed by atoms with Crippen molar-refractivity contribution in [1.29, 1.82) is 0 Å². The van der Waals surface area contributed by atoms with E-state index in [0.717, 1.165) is 16.6 Å². The summed E-state index contributed by atoms with van der Waals surface area (Å²) in [6, 6.07) is 9.06. The summed E-state index contributed by atoms with van der Waals surface area (Å²) in [5.41, 5.74) is 4.61. The summed E-state index contributed by atoms with van der Waals surface area (Å²) in [5, 5.41) is 12.2. The molecule has 3 heterocycles. The van der Waals surface area contributed by atoms with Crippen LogP contribution in [0.15, 0.2) is 45.2 Å². The number of benzene rings is 1. The second kappa shape index (κ2) is 5.94. The van der Waals surface area contributed by atoms with Gasteiger partial charge >= 0.3 is 0 Å². The van der Waals surface area contributed by atoms with Gasteiger partial charge < -0.3 is 15.7 Å². The van der Waals surface area contributed by atoms with E-state index in [0.29, 0.717) is 22.3 Å². The minimum atomic E-state index is -2.00. The van der Waals surface area contributed by atoms with Crippen LogP contribution >= 0.6 is 39.0 Å². The number of carbonyl (C=O) groups excluding carboxylic acids is 2. The number of rotatable bonds is 3. The van der Waals surface area contributed by atoms with Crippen LogP contribution in [0.25, 0.3) is 0 Å². The van der Waals surface area contributed by atoms with Crippen LogP contribution in [0.4, 0.5) is 5.69 Å². The van der Waals surface area contributed by atoms with E-state index in [1.54, 1.807) is 18.2 Å². The van der Waals surface area contributed by atoms with Crippen LogP contribution in [0.1, 0.15) is 10.4 Å². The second-order valence-corrected chi connectivity index (χ2v) is 8.76. The number of thioether (sulfide) groups is 1. The number of anilines is 1. The van der Waals surface area contributed by atoms with Crippen molar-refractivity contribution >= 4 is 61.7 Å². The predicted molar refractivity (Wildman–Crippen MR) is 102 cm³/mol. The van der Waals surface area contributed by atoms with Crippen LogP contribution in [0, 0.1) is 0 Å². The van der Waals surface area contributed by atoms with Crippen molar-refractivity contribution < 1.29 is 14.7 Å². The molecule has 0 radical (unpaired) electrons. The lowest BCUT2D eigenvalue weighted by atomic mass is 9.91. The average Bonchev–Trinajstić information content (AvgIpc) is 3.24. The third kappa shape index (κ3) is 2.53. The van der Waals surface area contributed by atoms with Crippen LogP contribution < -0.4 is 10.6 Å². The molecule has 0 saturated heterocycles. The molecule has 2 amide bonds. The number of aliphatic hydroxyl groups is 1. The Bertz CT molecular complexity index is 915. The molecule has 0 saturated carbocycles. The van der Waals surface area contributed by atoms with Gasteiger partial charge in [-0.05, 0) is 29.6 Å². The number of nitrogens with zero attached hydrogens (tertiary/aromatic N) is 2. The van der Waals surface area contributed by atoms with Crippen molar-refractivity contribution in [3.63, 3.8) is 0 Å². The quantitative estimate of drug-likeness (QED) is 0.766. The first kappa shape index (κ1) is 16.8. The molecule has 2 aliphatic rings. The molecule has 6 nitrogen and oxygen atoms in total. The van der Waals surface area contributed by atoms with Gasteiger partial charge in [-0.15, -0.1) is 11.3 Å². The Labute approximate surface area is 159 Å². The number of nitrogens with two attached hydrogens (primary N) is 1. The zero-order valence-electron chi connectivity index (χ0n) is 12.7. The van der Waals surface area contributed by atoms with Crippen molar-refractivity contribution in [3.8, 4) is 0 Å². The van der Waals surface area contributed by atoms with E-state index >= 15 is 0 Å². The van der Waals surface area contributed by atoms with E-state index < -0.39 is 22.7 Å². The maximum absolute atomic E-state index is 13.2. The van der Waals surface area contributed by atoms with Crippen LogP contribution in [-0.4, -0.2) is 27.3 Å². The Kier molecular flexibility index (Phi) is 3.99. The highest BCUT2D eigenvalue weighted by molar-refractivity contribution is 9.10. The average molecular weight is 438 g/mol. The van der Waals surface area contributed by atoms with Crippen molar-refractivity contribution in [2.45, 2.75) is 17.4 Å². The lowest BCUT2D eigenvalue weighted by molar-refractivity contribution is -0.140. The molecular weight excluding hydrogens is 426 g/mol. The number of carbonyl (C=O) groups is 2. The first-order valence-electron chi connectivity index (χ1n) is 7.32. The molecule has 0 fully saturated rings. The minimum absolute atomic E-state index is 0.0597. The molecular formula is C16H12BrN3O3S2. The number of aliphatic imine (C=N–C) groups is 1. The summed E-state index contributed by atoms with van der Waals surface area (Å²) in [5.74, 6) is -1.13. The normalized spacial score (nSPS) is 25.4. The number of hydrogen-bond acceptors (Lipinski definition) is 6. The van der Waals surface area contributed by atoms with Gasteiger partial charge in [0, 0.05) is 14.9 Å². The first-order valence-corrected chi connectivity index (χ1v) is 9.88. The van der Waals surface area contributed by atoms with Gasteiger partial charge in [0.25, 0.3) is 11.8 Å². The van der Waals surface area contributed by atoms with Crippen LogP contribution in [0.5, 0.6) is 0 Å². The van der Waals surface area contributed by atoms with E-state index in [1.807, 2.05) is 17.5 Å². The minimum Gasteiger partial charge on any atom is -0.378 e. The monoisotopic (exact) mass is 437 g/mol. The molecule has 0 aliphatic carbocycles. The summed E-state index contributed by atoms with van der Waals surface area (Å²) in [4.78, 5) is 31.5. The summed E-state index contributed by atoms with van der Waals surface area (Å²) in [6.45, 7) is 0.329. The summed E-state index contributed by atoms with van der Waals surface area (Å²) < 4.78 is 0.708. The number of amidine groups is 1. The highest BCUT2D eigenvalue weighted by atomic mass is 79.9. The molecule has 2 aromatic rings. The van der Waals surface area contributed by atoms with Gasteiger partial charge in [0.1, 0.15) is 5.25 Å². The third-order valence-electron chi connectivity index (χ3n) is 4.19. The Morgan fingerprint density at radius 1 is 1.36 bits per heavy atom. The molecule has 128 valence electrons. The highest BCUT2D eigenvalue weighted by Crippen LogP contribution is 2.48. The summed E-state index contributed by atoms with van der Waals surface area (Å²) >= 11 is 5.81. The molecule has 1 aromatic heterocycles. The Morgan fingerprint density at radius 2 is 2.16 bits per heavy atom. The second-order valence-electron chi connectivity index (χ2n) is 5.68. The zero-order valence-corrected chi connectivity index (χ0v) is 15.9.